The predicted molar refractivity (Wildman–Crippen MR) is 37.7 cm³/mol. The first-order valence-corrected chi connectivity index (χ1v) is 2.86. The lowest BCUT2D eigenvalue weighted by molar-refractivity contribution is -0.748. The molecular weight excluding hydrogens is 257 g/mol. The second-order valence-electron chi connectivity index (χ2n) is 1.95. The van der Waals surface area contributed by atoms with Crippen molar-refractivity contribution in [3.05, 3.63) is 12.4 Å². The van der Waals surface area contributed by atoms with E-state index in [4.69, 9.17) is 5.73 Å². The summed E-state index contributed by atoms with van der Waals surface area (Å²) in [4.78, 5) is 7.79. The average molecular weight is 263 g/mol. The first-order chi connectivity index (χ1) is 4.86. The smallest absolute Gasteiger partial charge is 0.279 e. The van der Waals surface area contributed by atoms with Crippen molar-refractivity contribution in [1.29, 1.82) is 0 Å². The summed E-state index contributed by atoms with van der Waals surface area (Å²) >= 11 is 0. The third kappa shape index (κ3) is 1.46. The molecular formula is C5H6IN5. The maximum Gasteiger partial charge on any atom is 0.279 e. The molecule has 0 radical (unpaired) electrons. The molecule has 6 heteroatoms. The van der Waals surface area contributed by atoms with Gasteiger partial charge in [0.2, 0.25) is 0 Å². The minimum absolute atomic E-state index is 0. The summed E-state index contributed by atoms with van der Waals surface area (Å²) in [7, 11) is 0. The Morgan fingerprint density at radius 2 is 2.27 bits per heavy atom. The fourth-order valence-corrected chi connectivity index (χ4v) is 0.831. The van der Waals surface area contributed by atoms with Crippen LogP contribution in [-0.2, 0) is 0 Å². The Balaban J connectivity index is 0.000000605. The number of amidine groups is 1. The van der Waals surface area contributed by atoms with E-state index in [-0.39, 0.29) is 24.0 Å². The molecule has 2 aliphatic rings. The topological polar surface area (TPSA) is 67.5 Å². The van der Waals surface area contributed by atoms with Crippen molar-refractivity contribution in [2.24, 2.45) is 20.8 Å². The minimum Gasteiger partial charge on any atom is -1.00 e. The van der Waals surface area contributed by atoms with Gasteiger partial charge in [-0.2, -0.15) is 4.99 Å². The third-order valence-corrected chi connectivity index (χ3v) is 1.25. The van der Waals surface area contributed by atoms with Gasteiger partial charge in [-0.1, -0.05) is 0 Å². The molecule has 5 nitrogen and oxygen atoms in total. The molecule has 11 heavy (non-hydrogen) atoms. The second-order valence-corrected chi connectivity index (χ2v) is 1.95. The fraction of sp³-hybridized carbons (Fsp3) is 0. The third-order valence-electron chi connectivity index (χ3n) is 1.25. The molecule has 58 valence electrons. The van der Waals surface area contributed by atoms with Gasteiger partial charge < -0.3 is 29.7 Å². The Kier molecular flexibility index (Phi) is 2.35. The van der Waals surface area contributed by atoms with Crippen molar-refractivity contribution >= 4 is 18.0 Å². The summed E-state index contributed by atoms with van der Waals surface area (Å²) in [6, 6.07) is 0. The molecule has 0 aromatic carbocycles. The number of halogens is 1. The van der Waals surface area contributed by atoms with E-state index >= 15 is 0 Å². The van der Waals surface area contributed by atoms with Gasteiger partial charge in [0.05, 0.1) is 6.20 Å². The summed E-state index contributed by atoms with van der Waals surface area (Å²) < 4.78 is 0. The van der Waals surface area contributed by atoms with Crippen molar-refractivity contribution in [2.45, 2.75) is 0 Å². The van der Waals surface area contributed by atoms with Gasteiger partial charge in [-0.25, -0.2) is 0 Å². The second kappa shape index (κ2) is 3.09. The van der Waals surface area contributed by atoms with Crippen LogP contribution in [0.2, 0.25) is 0 Å². The number of rotatable bonds is 0. The summed E-state index contributed by atoms with van der Waals surface area (Å²) in [6.45, 7) is 0. The first-order valence-electron chi connectivity index (χ1n) is 2.86. The van der Waals surface area contributed by atoms with E-state index < -0.39 is 0 Å². The summed E-state index contributed by atoms with van der Waals surface area (Å²) in [5.74, 6) is 1.06. The predicted octanol–water partition coefficient (Wildman–Crippen LogP) is -4.93. The van der Waals surface area contributed by atoms with Gasteiger partial charge in [0.15, 0.2) is 0 Å². The van der Waals surface area contributed by atoms with Crippen molar-refractivity contribution in [3.63, 3.8) is 0 Å². The molecule has 0 aromatic rings. The Bertz CT molecular complexity index is 277. The normalized spacial score (nSPS) is 25.3. The number of nitrogens with zero attached hydrogens (tertiary/aromatic N) is 3. The lowest BCUT2D eigenvalue weighted by Crippen LogP contribution is -3.05. The number of quaternary nitrogens is 1. The number of fused-ring (bicyclic) bond motifs is 1. The number of nitrogens with two attached hydrogens (primary N) is 1. The molecule has 0 spiro atoms. The molecule has 3 N–H and O–H groups in total. The molecule has 0 aliphatic carbocycles. The standard InChI is InChI=1S/C5H5N5.HI/c6-5-8-4-3-7-1-2-10(4)9-5;/h1-3H,(H2,6,9);1H. The molecule has 2 heterocycles. The molecule has 0 amide bonds. The Hall–Kier alpha value is -0.760. The number of guanidine groups is 1. The maximum absolute atomic E-state index is 5.34. The quantitative estimate of drug-likeness (QED) is 0.423. The van der Waals surface area contributed by atoms with E-state index in [1.54, 1.807) is 18.6 Å². The van der Waals surface area contributed by atoms with Crippen molar-refractivity contribution < 1.29 is 29.0 Å². The monoisotopic (exact) mass is 263 g/mol. The van der Waals surface area contributed by atoms with E-state index in [0.29, 0.717) is 5.96 Å². The van der Waals surface area contributed by atoms with Gasteiger partial charge in [-0.05, 0) is 5.10 Å². The zero-order chi connectivity index (χ0) is 6.97. The van der Waals surface area contributed by atoms with E-state index in [1.807, 2.05) is 0 Å². The summed E-state index contributed by atoms with van der Waals surface area (Å²) in [5, 5.41) is 4.74. The molecule has 0 saturated heterocycles. The first kappa shape index (κ1) is 8.34. The summed E-state index contributed by atoms with van der Waals surface area (Å²) in [5.41, 5.74) is 5.34. The Morgan fingerprint density at radius 3 is 3.00 bits per heavy atom. The number of hydrogen-bond acceptors (Lipinski definition) is 4. The summed E-state index contributed by atoms with van der Waals surface area (Å²) in [6.07, 6.45) is 5.08. The van der Waals surface area contributed by atoms with Crippen LogP contribution in [0.25, 0.3) is 0 Å². The lowest BCUT2D eigenvalue weighted by atomic mass is 10.5. The SMILES string of the molecule is NC1=N[NH+]2C=CN=CC2=N1.[I-]. The van der Waals surface area contributed by atoms with Gasteiger partial charge in [0.25, 0.3) is 11.8 Å². The van der Waals surface area contributed by atoms with Crippen LogP contribution in [0.4, 0.5) is 0 Å². The molecule has 1 unspecified atom stereocenters. The molecule has 1 atom stereocenters. The van der Waals surface area contributed by atoms with Gasteiger partial charge in [-0.3, -0.25) is 4.99 Å². The molecule has 0 aromatic heterocycles. The fourth-order valence-electron chi connectivity index (χ4n) is 0.831. The van der Waals surface area contributed by atoms with Gasteiger partial charge in [0.1, 0.15) is 12.4 Å². The van der Waals surface area contributed by atoms with Crippen molar-refractivity contribution in [2.75, 3.05) is 0 Å². The molecule has 2 aliphatic heterocycles. The highest BCUT2D eigenvalue weighted by Crippen LogP contribution is 1.83. The van der Waals surface area contributed by atoms with E-state index in [9.17, 15) is 0 Å². The number of hydrogen-bond donors (Lipinski definition) is 2. The molecule has 2 rings (SSSR count). The van der Waals surface area contributed by atoms with Crippen LogP contribution >= 0.6 is 0 Å². The zero-order valence-corrected chi connectivity index (χ0v) is 7.69. The van der Waals surface area contributed by atoms with Crippen molar-refractivity contribution in [1.82, 2.24) is 0 Å². The maximum atomic E-state index is 5.34. The molecule has 0 bridgehead atoms. The van der Waals surface area contributed by atoms with E-state index in [0.717, 1.165) is 10.8 Å². The van der Waals surface area contributed by atoms with Gasteiger partial charge in [-0.15, -0.1) is 5.01 Å². The number of nitrogens with one attached hydrogen (secondary N) is 1. The molecule has 0 saturated carbocycles. The van der Waals surface area contributed by atoms with Crippen molar-refractivity contribution in [3.8, 4) is 0 Å². The molecule has 0 fully saturated rings. The van der Waals surface area contributed by atoms with Crippen LogP contribution in [0.15, 0.2) is 27.5 Å². The van der Waals surface area contributed by atoms with Crippen LogP contribution in [0, 0.1) is 0 Å². The zero-order valence-electron chi connectivity index (χ0n) is 5.53. The minimum atomic E-state index is 0. The van der Waals surface area contributed by atoms with E-state index in [1.165, 1.54) is 0 Å². The average Bonchev–Trinajstić information content (AvgIpc) is 2.27. The number of aliphatic imine (C=N–C) groups is 2. The van der Waals surface area contributed by atoms with Crippen LogP contribution in [0.3, 0.4) is 0 Å². The largest absolute Gasteiger partial charge is 1.00 e. The lowest BCUT2D eigenvalue weighted by Gasteiger charge is -2.00. The highest BCUT2D eigenvalue weighted by atomic mass is 127. The van der Waals surface area contributed by atoms with Crippen LogP contribution in [-0.4, -0.2) is 18.0 Å². The van der Waals surface area contributed by atoms with Gasteiger partial charge >= 0.3 is 0 Å². The van der Waals surface area contributed by atoms with E-state index in [2.05, 4.69) is 15.1 Å². The highest BCUT2D eigenvalue weighted by molar-refractivity contribution is 6.28. The van der Waals surface area contributed by atoms with Crippen LogP contribution in [0.1, 0.15) is 0 Å². The van der Waals surface area contributed by atoms with Crippen LogP contribution < -0.4 is 34.7 Å². The highest BCUT2D eigenvalue weighted by Gasteiger charge is 2.21. The van der Waals surface area contributed by atoms with Crippen LogP contribution in [0.5, 0.6) is 0 Å². The Morgan fingerprint density at radius 1 is 1.45 bits per heavy atom. The van der Waals surface area contributed by atoms with Gasteiger partial charge in [0, 0.05) is 0 Å². The Labute approximate surface area is 80.4 Å².